The van der Waals surface area contributed by atoms with Gasteiger partial charge in [0.25, 0.3) is 0 Å². The molecule has 0 amide bonds. The molecule has 1 N–H and O–H groups in total. The van der Waals surface area contributed by atoms with Gasteiger partial charge in [-0.15, -0.1) is 0 Å². The third-order valence-corrected chi connectivity index (χ3v) is 3.83. The molecule has 0 saturated carbocycles. The van der Waals surface area contributed by atoms with Gasteiger partial charge < -0.3 is 14.4 Å². The predicted octanol–water partition coefficient (Wildman–Crippen LogP) is 3.35. The van der Waals surface area contributed by atoms with Crippen molar-refractivity contribution in [3.63, 3.8) is 0 Å². The maximum Gasteiger partial charge on any atom is 0.136 e. The van der Waals surface area contributed by atoms with E-state index >= 15 is 0 Å². The molecule has 21 heavy (non-hydrogen) atoms. The van der Waals surface area contributed by atoms with Crippen LogP contribution in [0.2, 0.25) is 0 Å². The second kappa shape index (κ2) is 4.46. The number of aromatic nitrogens is 2. The Kier molecular flexibility index (Phi) is 2.59. The smallest absolute Gasteiger partial charge is 0.136 e. The van der Waals surface area contributed by atoms with Crippen LogP contribution in [0.25, 0.3) is 22.5 Å². The lowest BCUT2D eigenvalue weighted by atomic mass is 10.1. The molecule has 4 heteroatoms. The monoisotopic (exact) mass is 278 g/mol. The Bertz CT molecular complexity index is 837. The maximum atomic E-state index is 9.52. The molecule has 0 unspecified atom stereocenters. The number of ether oxygens (including phenoxy) is 1. The highest BCUT2D eigenvalue weighted by Crippen LogP contribution is 2.45. The molecule has 1 aliphatic heterocycles. The van der Waals surface area contributed by atoms with E-state index in [0.29, 0.717) is 5.82 Å². The first-order valence-corrected chi connectivity index (χ1v) is 6.82. The van der Waals surface area contributed by atoms with Gasteiger partial charge in [0.2, 0.25) is 0 Å². The van der Waals surface area contributed by atoms with Crippen molar-refractivity contribution in [3.8, 4) is 34.0 Å². The van der Waals surface area contributed by atoms with E-state index in [-0.39, 0.29) is 6.61 Å². The summed E-state index contributed by atoms with van der Waals surface area (Å²) < 4.78 is 7.99. The van der Waals surface area contributed by atoms with Crippen molar-refractivity contribution >= 4 is 0 Å². The first kappa shape index (κ1) is 12.2. The number of imidazole rings is 1. The van der Waals surface area contributed by atoms with E-state index in [1.165, 1.54) is 0 Å². The number of nitrogens with zero attached hydrogens (tertiary/aromatic N) is 2. The van der Waals surface area contributed by atoms with Gasteiger partial charge in [0, 0.05) is 18.2 Å². The minimum atomic E-state index is -0.0886. The second-order valence-electron chi connectivity index (χ2n) is 5.04. The van der Waals surface area contributed by atoms with E-state index in [0.717, 1.165) is 34.0 Å². The highest BCUT2D eigenvalue weighted by Gasteiger charge is 2.25. The van der Waals surface area contributed by atoms with Crippen LogP contribution in [0.3, 0.4) is 0 Å². The molecular weight excluding hydrogens is 264 g/mol. The summed E-state index contributed by atoms with van der Waals surface area (Å²) in [5.41, 5.74) is 3.75. The van der Waals surface area contributed by atoms with E-state index in [1.807, 2.05) is 60.1 Å². The van der Waals surface area contributed by atoms with Crippen molar-refractivity contribution in [2.45, 2.75) is 6.61 Å². The van der Waals surface area contributed by atoms with Crippen LogP contribution < -0.4 is 4.74 Å². The molecule has 4 nitrogen and oxygen atoms in total. The van der Waals surface area contributed by atoms with Gasteiger partial charge in [0.15, 0.2) is 0 Å². The molecule has 4 rings (SSSR count). The lowest BCUT2D eigenvalue weighted by molar-refractivity contribution is 0.267. The first-order chi connectivity index (χ1) is 10.3. The number of para-hydroxylation sites is 2. The number of hydrogen-bond acceptors (Lipinski definition) is 3. The Balaban J connectivity index is 2.13. The van der Waals surface area contributed by atoms with Crippen LogP contribution >= 0.6 is 0 Å². The van der Waals surface area contributed by atoms with E-state index in [1.54, 1.807) is 0 Å². The Morgan fingerprint density at radius 2 is 1.62 bits per heavy atom. The molecule has 104 valence electrons. The van der Waals surface area contributed by atoms with Gasteiger partial charge in [-0.05, 0) is 24.3 Å². The summed E-state index contributed by atoms with van der Waals surface area (Å²) in [6.07, 6.45) is 0. The van der Waals surface area contributed by atoms with Crippen molar-refractivity contribution in [2.75, 3.05) is 0 Å². The Labute approximate surface area is 122 Å². The molecular formula is C17H14N2O2. The van der Waals surface area contributed by atoms with E-state index in [2.05, 4.69) is 4.98 Å². The Hall–Kier alpha value is -2.59. The zero-order valence-electron chi connectivity index (χ0n) is 11.6. The van der Waals surface area contributed by atoms with Gasteiger partial charge in [-0.3, -0.25) is 0 Å². The van der Waals surface area contributed by atoms with Crippen LogP contribution in [0.1, 0.15) is 5.82 Å². The number of aliphatic hydroxyl groups excluding tert-OH is 1. The summed E-state index contributed by atoms with van der Waals surface area (Å²) in [7, 11) is 1.92. The molecule has 0 radical (unpaired) electrons. The number of aliphatic hydroxyl groups is 1. The van der Waals surface area contributed by atoms with Gasteiger partial charge in [-0.2, -0.15) is 0 Å². The summed E-state index contributed by atoms with van der Waals surface area (Å²) >= 11 is 0. The first-order valence-electron chi connectivity index (χ1n) is 6.82. The van der Waals surface area contributed by atoms with Crippen LogP contribution in [0.4, 0.5) is 0 Å². The summed E-state index contributed by atoms with van der Waals surface area (Å²) in [5.74, 6) is 2.23. The van der Waals surface area contributed by atoms with Crippen molar-refractivity contribution in [1.29, 1.82) is 0 Å². The fourth-order valence-corrected chi connectivity index (χ4v) is 2.80. The van der Waals surface area contributed by atoms with Gasteiger partial charge in [0.05, 0.1) is 5.69 Å². The summed E-state index contributed by atoms with van der Waals surface area (Å²) in [5, 5.41) is 9.52. The Morgan fingerprint density at radius 1 is 1.00 bits per heavy atom. The topological polar surface area (TPSA) is 47.3 Å². The normalized spacial score (nSPS) is 11.9. The fourth-order valence-electron chi connectivity index (χ4n) is 2.80. The molecule has 0 saturated heterocycles. The zero-order chi connectivity index (χ0) is 14.4. The summed E-state index contributed by atoms with van der Waals surface area (Å²) in [4.78, 5) is 4.60. The number of rotatable bonds is 1. The van der Waals surface area contributed by atoms with E-state index in [4.69, 9.17) is 4.74 Å². The summed E-state index contributed by atoms with van der Waals surface area (Å²) in [6.45, 7) is -0.0886. The van der Waals surface area contributed by atoms with Crippen molar-refractivity contribution < 1.29 is 9.84 Å². The number of fused-ring (bicyclic) bond motifs is 5. The van der Waals surface area contributed by atoms with Gasteiger partial charge >= 0.3 is 0 Å². The van der Waals surface area contributed by atoms with Crippen molar-refractivity contribution in [3.05, 3.63) is 54.4 Å². The van der Waals surface area contributed by atoms with Gasteiger partial charge in [0.1, 0.15) is 29.6 Å². The third-order valence-electron chi connectivity index (χ3n) is 3.83. The van der Waals surface area contributed by atoms with Crippen LogP contribution in [0.15, 0.2) is 48.5 Å². The highest BCUT2D eigenvalue weighted by atomic mass is 16.5. The number of hydrogen-bond donors (Lipinski definition) is 1. The second-order valence-corrected chi connectivity index (χ2v) is 5.04. The molecule has 2 aromatic carbocycles. The maximum absolute atomic E-state index is 9.52. The number of benzene rings is 2. The molecule has 1 aliphatic rings. The molecule has 0 spiro atoms. The lowest BCUT2D eigenvalue weighted by Crippen LogP contribution is -1.99. The van der Waals surface area contributed by atoms with Gasteiger partial charge in [-0.25, -0.2) is 4.98 Å². The third kappa shape index (κ3) is 1.69. The fraction of sp³-hybridized carbons (Fsp3) is 0.118. The average Bonchev–Trinajstić information content (AvgIpc) is 2.77. The molecule has 0 bridgehead atoms. The molecule has 0 atom stereocenters. The van der Waals surface area contributed by atoms with Crippen LogP contribution in [0, 0.1) is 0 Å². The molecule has 2 heterocycles. The van der Waals surface area contributed by atoms with Crippen LogP contribution in [0.5, 0.6) is 11.5 Å². The molecule has 1 aromatic heterocycles. The lowest BCUT2D eigenvalue weighted by Gasteiger charge is -2.09. The molecule has 0 fully saturated rings. The average molecular weight is 278 g/mol. The van der Waals surface area contributed by atoms with Crippen LogP contribution in [-0.4, -0.2) is 14.7 Å². The summed E-state index contributed by atoms with van der Waals surface area (Å²) in [6, 6.07) is 15.7. The predicted molar refractivity (Wildman–Crippen MR) is 80.1 cm³/mol. The molecule has 3 aromatic rings. The van der Waals surface area contributed by atoms with E-state index < -0.39 is 0 Å². The zero-order valence-corrected chi connectivity index (χ0v) is 11.6. The standard InChI is InChI=1S/C17H14N2O2/c1-19-15(10-20)18-16-11-6-2-4-8-13(11)21-14-9-5-3-7-12(14)17(16)19/h2-9,20H,10H2,1H3. The van der Waals surface area contributed by atoms with Crippen LogP contribution in [-0.2, 0) is 13.7 Å². The molecule has 0 aliphatic carbocycles. The van der Waals surface area contributed by atoms with Crippen molar-refractivity contribution in [1.82, 2.24) is 9.55 Å². The van der Waals surface area contributed by atoms with Gasteiger partial charge in [-0.1, -0.05) is 24.3 Å². The quantitative estimate of drug-likeness (QED) is 0.581. The highest BCUT2D eigenvalue weighted by molar-refractivity contribution is 5.87. The largest absolute Gasteiger partial charge is 0.456 e. The minimum Gasteiger partial charge on any atom is -0.456 e. The Morgan fingerprint density at radius 3 is 2.33 bits per heavy atom. The van der Waals surface area contributed by atoms with Crippen molar-refractivity contribution in [2.24, 2.45) is 7.05 Å². The SMILES string of the molecule is Cn1c(CO)nc2c1-c1ccccc1Oc1ccccc1-2. The van der Waals surface area contributed by atoms with E-state index in [9.17, 15) is 5.11 Å². The minimum absolute atomic E-state index is 0.0886.